The second-order valence-electron chi connectivity index (χ2n) is 2.77. The van der Waals surface area contributed by atoms with Crippen LogP contribution in [0.2, 0.25) is 0 Å². The van der Waals surface area contributed by atoms with Crippen LogP contribution >= 0.6 is 0 Å². The number of hydrogen-bond acceptors (Lipinski definition) is 4. The van der Waals surface area contributed by atoms with Crippen molar-refractivity contribution < 1.29 is 5.11 Å². The van der Waals surface area contributed by atoms with Crippen LogP contribution in [0.5, 0.6) is 5.75 Å². The van der Waals surface area contributed by atoms with E-state index in [1.807, 2.05) is 0 Å². The topological polar surface area (TPSA) is 76.4 Å². The van der Waals surface area contributed by atoms with Crippen LogP contribution in [0.1, 0.15) is 5.82 Å². The van der Waals surface area contributed by atoms with Crippen LogP contribution in [0.15, 0.2) is 18.3 Å². The van der Waals surface area contributed by atoms with Crippen LogP contribution in [-0.4, -0.2) is 26.2 Å². The van der Waals surface area contributed by atoms with Crippen molar-refractivity contribution in [2.24, 2.45) is 5.73 Å². The number of rotatable bonds is 2. The molecule has 0 fully saturated rings. The molecule has 0 aliphatic rings. The highest BCUT2D eigenvalue weighted by atomic mass is 16.3. The van der Waals surface area contributed by atoms with E-state index in [-0.39, 0.29) is 5.75 Å². The summed E-state index contributed by atoms with van der Waals surface area (Å²) in [6, 6.07) is 3.29. The van der Waals surface area contributed by atoms with E-state index in [0.717, 1.165) is 11.5 Å². The summed E-state index contributed by atoms with van der Waals surface area (Å²) in [5.41, 5.74) is 6.13. The van der Waals surface area contributed by atoms with Gasteiger partial charge in [-0.25, -0.2) is 0 Å². The molecule has 2 aromatic heterocycles. The van der Waals surface area contributed by atoms with Gasteiger partial charge < -0.3 is 10.8 Å². The number of nitrogens with zero attached hydrogens (tertiary/aromatic N) is 3. The Morgan fingerprint density at radius 3 is 3.00 bits per heavy atom. The van der Waals surface area contributed by atoms with Gasteiger partial charge in [0.2, 0.25) is 0 Å². The summed E-state index contributed by atoms with van der Waals surface area (Å²) in [7, 11) is 0. The molecule has 68 valence electrons. The molecule has 2 rings (SSSR count). The first kappa shape index (κ1) is 8.00. The number of pyridine rings is 1. The molecular formula is C8H10N4O. The molecule has 2 heterocycles. The van der Waals surface area contributed by atoms with E-state index in [4.69, 9.17) is 5.73 Å². The predicted octanol–water partition coefficient (Wildman–Crippen LogP) is -0.0639. The molecule has 0 unspecified atom stereocenters. The van der Waals surface area contributed by atoms with E-state index in [9.17, 15) is 5.11 Å². The number of nitrogens with two attached hydrogens (primary N) is 1. The van der Waals surface area contributed by atoms with Gasteiger partial charge in [0.05, 0.1) is 6.20 Å². The highest BCUT2D eigenvalue weighted by molar-refractivity contribution is 5.40. The van der Waals surface area contributed by atoms with Crippen molar-refractivity contribution in [1.82, 2.24) is 14.6 Å². The van der Waals surface area contributed by atoms with E-state index < -0.39 is 0 Å². The first-order chi connectivity index (χ1) is 6.31. The van der Waals surface area contributed by atoms with Crippen molar-refractivity contribution >= 4 is 5.65 Å². The minimum atomic E-state index is 0.200. The lowest BCUT2D eigenvalue weighted by atomic mass is 10.4. The third-order valence-corrected chi connectivity index (χ3v) is 1.83. The van der Waals surface area contributed by atoms with Crippen molar-refractivity contribution in [2.75, 3.05) is 6.54 Å². The average molecular weight is 178 g/mol. The maximum atomic E-state index is 9.23. The molecule has 0 bridgehead atoms. The lowest BCUT2D eigenvalue weighted by molar-refractivity contribution is 0.471. The standard InChI is InChI=1S/C8H10N4O/c9-4-3-8-11-10-7-2-1-6(13)5-12(7)8/h1-2,5,13H,3-4,9H2. The van der Waals surface area contributed by atoms with Crippen molar-refractivity contribution in [3.05, 3.63) is 24.2 Å². The van der Waals surface area contributed by atoms with Gasteiger partial charge in [-0.1, -0.05) is 0 Å². The van der Waals surface area contributed by atoms with Crippen molar-refractivity contribution in [1.29, 1.82) is 0 Å². The molecule has 0 radical (unpaired) electrons. The summed E-state index contributed by atoms with van der Waals surface area (Å²) in [5.74, 6) is 0.971. The highest BCUT2D eigenvalue weighted by Crippen LogP contribution is 2.11. The van der Waals surface area contributed by atoms with Gasteiger partial charge in [-0.05, 0) is 18.7 Å². The quantitative estimate of drug-likeness (QED) is 0.675. The number of fused-ring (bicyclic) bond motifs is 1. The molecule has 5 nitrogen and oxygen atoms in total. The Morgan fingerprint density at radius 2 is 2.23 bits per heavy atom. The first-order valence-corrected chi connectivity index (χ1v) is 4.04. The fraction of sp³-hybridized carbons (Fsp3) is 0.250. The third kappa shape index (κ3) is 1.33. The Morgan fingerprint density at radius 1 is 1.38 bits per heavy atom. The summed E-state index contributed by atoms with van der Waals surface area (Å²) in [6.07, 6.45) is 2.24. The Bertz CT molecular complexity index is 423. The van der Waals surface area contributed by atoms with Gasteiger partial charge in [0.15, 0.2) is 5.65 Å². The molecule has 0 spiro atoms. The Balaban J connectivity index is 2.58. The van der Waals surface area contributed by atoms with Crippen LogP contribution < -0.4 is 5.73 Å². The third-order valence-electron chi connectivity index (χ3n) is 1.83. The van der Waals surface area contributed by atoms with Gasteiger partial charge in [-0.2, -0.15) is 0 Å². The molecule has 13 heavy (non-hydrogen) atoms. The molecule has 0 saturated carbocycles. The van der Waals surface area contributed by atoms with E-state index in [0.29, 0.717) is 13.0 Å². The molecular weight excluding hydrogens is 168 g/mol. The smallest absolute Gasteiger partial charge is 0.161 e. The van der Waals surface area contributed by atoms with Gasteiger partial charge >= 0.3 is 0 Å². The average Bonchev–Trinajstić information content (AvgIpc) is 2.49. The van der Waals surface area contributed by atoms with E-state index in [1.54, 1.807) is 22.7 Å². The van der Waals surface area contributed by atoms with Crippen LogP contribution in [0.4, 0.5) is 0 Å². The Kier molecular flexibility index (Phi) is 1.86. The van der Waals surface area contributed by atoms with Crippen molar-refractivity contribution in [3.8, 4) is 5.75 Å². The zero-order chi connectivity index (χ0) is 9.26. The molecule has 0 amide bonds. The largest absolute Gasteiger partial charge is 0.506 e. The lowest BCUT2D eigenvalue weighted by Gasteiger charge is -1.97. The molecule has 0 saturated heterocycles. The molecule has 0 atom stereocenters. The Hall–Kier alpha value is -1.62. The number of aromatic nitrogens is 3. The van der Waals surface area contributed by atoms with Crippen LogP contribution in [0.3, 0.4) is 0 Å². The van der Waals surface area contributed by atoms with Gasteiger partial charge in [0.1, 0.15) is 11.6 Å². The fourth-order valence-corrected chi connectivity index (χ4v) is 1.23. The number of aromatic hydroxyl groups is 1. The molecule has 3 N–H and O–H groups in total. The van der Waals surface area contributed by atoms with Crippen LogP contribution in [0.25, 0.3) is 5.65 Å². The zero-order valence-electron chi connectivity index (χ0n) is 7.01. The first-order valence-electron chi connectivity index (χ1n) is 4.04. The van der Waals surface area contributed by atoms with Crippen LogP contribution in [-0.2, 0) is 6.42 Å². The normalized spacial score (nSPS) is 10.8. The number of hydrogen-bond donors (Lipinski definition) is 2. The van der Waals surface area contributed by atoms with E-state index in [1.165, 1.54) is 0 Å². The minimum Gasteiger partial charge on any atom is -0.506 e. The summed E-state index contributed by atoms with van der Waals surface area (Å²) in [5, 5.41) is 17.1. The Labute approximate surface area is 74.8 Å². The molecule has 5 heteroatoms. The van der Waals surface area contributed by atoms with Gasteiger partial charge in [-0.15, -0.1) is 10.2 Å². The van der Waals surface area contributed by atoms with E-state index >= 15 is 0 Å². The van der Waals surface area contributed by atoms with Crippen molar-refractivity contribution in [3.63, 3.8) is 0 Å². The van der Waals surface area contributed by atoms with Crippen molar-refractivity contribution in [2.45, 2.75) is 6.42 Å². The summed E-state index contributed by atoms with van der Waals surface area (Å²) in [6.45, 7) is 0.524. The molecule has 0 aromatic carbocycles. The summed E-state index contributed by atoms with van der Waals surface area (Å²) < 4.78 is 1.74. The predicted molar refractivity (Wildman–Crippen MR) is 47.4 cm³/mol. The fourth-order valence-electron chi connectivity index (χ4n) is 1.23. The van der Waals surface area contributed by atoms with Gasteiger partial charge in [0, 0.05) is 6.42 Å². The van der Waals surface area contributed by atoms with Gasteiger partial charge in [0.25, 0.3) is 0 Å². The molecule has 0 aliphatic carbocycles. The van der Waals surface area contributed by atoms with Gasteiger partial charge in [-0.3, -0.25) is 4.40 Å². The van der Waals surface area contributed by atoms with Crippen LogP contribution in [0, 0.1) is 0 Å². The maximum Gasteiger partial charge on any atom is 0.161 e. The highest BCUT2D eigenvalue weighted by Gasteiger charge is 2.03. The summed E-state index contributed by atoms with van der Waals surface area (Å²) in [4.78, 5) is 0. The second kappa shape index (κ2) is 3.02. The molecule has 2 aromatic rings. The van der Waals surface area contributed by atoms with E-state index in [2.05, 4.69) is 10.2 Å². The monoisotopic (exact) mass is 178 g/mol. The minimum absolute atomic E-state index is 0.200. The molecule has 0 aliphatic heterocycles. The zero-order valence-corrected chi connectivity index (χ0v) is 7.01. The summed E-state index contributed by atoms with van der Waals surface area (Å²) >= 11 is 0. The maximum absolute atomic E-state index is 9.23. The second-order valence-corrected chi connectivity index (χ2v) is 2.77. The lowest BCUT2D eigenvalue weighted by Crippen LogP contribution is -2.06. The SMILES string of the molecule is NCCc1nnc2ccc(O)cn12.